The van der Waals surface area contributed by atoms with Crippen molar-refractivity contribution in [2.24, 2.45) is 5.84 Å². The Morgan fingerprint density at radius 2 is 2.50 bits per heavy atom. The summed E-state index contributed by atoms with van der Waals surface area (Å²) in [6, 6.07) is 3.68. The highest BCUT2D eigenvalue weighted by Gasteiger charge is 2.12. The third-order valence-corrected chi connectivity index (χ3v) is 1.65. The van der Waals surface area contributed by atoms with Crippen LogP contribution in [0.25, 0.3) is 6.08 Å². The summed E-state index contributed by atoms with van der Waals surface area (Å²) in [7, 11) is 0. The average molecular weight is 163 g/mol. The highest BCUT2D eigenvalue weighted by Crippen LogP contribution is 2.21. The van der Waals surface area contributed by atoms with Gasteiger partial charge in [0.15, 0.2) is 6.23 Å². The van der Waals surface area contributed by atoms with Gasteiger partial charge < -0.3 is 4.74 Å². The van der Waals surface area contributed by atoms with Crippen molar-refractivity contribution in [3.05, 3.63) is 30.1 Å². The predicted molar refractivity (Wildman–Crippen MR) is 45.0 cm³/mol. The van der Waals surface area contributed by atoms with Crippen LogP contribution in [0.4, 0.5) is 0 Å². The minimum absolute atomic E-state index is 0.248. The van der Waals surface area contributed by atoms with E-state index in [9.17, 15) is 0 Å². The van der Waals surface area contributed by atoms with Gasteiger partial charge in [-0.05, 0) is 24.3 Å². The molecule has 1 aliphatic heterocycles. The lowest BCUT2D eigenvalue weighted by Gasteiger charge is -2.19. The van der Waals surface area contributed by atoms with Crippen LogP contribution in [0.5, 0.6) is 5.75 Å². The zero-order chi connectivity index (χ0) is 8.39. The smallest absolute Gasteiger partial charge is 0.182 e. The number of fused-ring (bicyclic) bond motifs is 1. The Balaban J connectivity index is 2.33. The first-order valence-electron chi connectivity index (χ1n) is 3.66. The van der Waals surface area contributed by atoms with E-state index in [1.165, 1.54) is 0 Å². The second-order valence-electron chi connectivity index (χ2n) is 2.45. The molecule has 1 aromatic rings. The molecule has 0 saturated carbocycles. The molecule has 3 N–H and O–H groups in total. The van der Waals surface area contributed by atoms with Crippen LogP contribution in [0.2, 0.25) is 0 Å². The lowest BCUT2D eigenvalue weighted by Crippen LogP contribution is -2.39. The fraction of sp³-hybridized carbons (Fsp3) is 0.125. The SMILES string of the molecule is NNC1C=Cc2ncccc2O1. The van der Waals surface area contributed by atoms with Crippen molar-refractivity contribution >= 4 is 6.08 Å². The fourth-order valence-electron chi connectivity index (χ4n) is 1.07. The van der Waals surface area contributed by atoms with Crippen LogP contribution in [0.1, 0.15) is 5.69 Å². The second-order valence-corrected chi connectivity index (χ2v) is 2.45. The highest BCUT2D eigenvalue weighted by atomic mass is 16.5. The fourth-order valence-corrected chi connectivity index (χ4v) is 1.07. The van der Waals surface area contributed by atoms with Gasteiger partial charge in [-0.2, -0.15) is 0 Å². The summed E-state index contributed by atoms with van der Waals surface area (Å²) < 4.78 is 5.40. The van der Waals surface area contributed by atoms with E-state index in [1.807, 2.05) is 24.3 Å². The van der Waals surface area contributed by atoms with E-state index < -0.39 is 0 Å². The highest BCUT2D eigenvalue weighted by molar-refractivity contribution is 5.55. The van der Waals surface area contributed by atoms with Gasteiger partial charge in [-0.3, -0.25) is 10.8 Å². The molecule has 2 rings (SSSR count). The Morgan fingerprint density at radius 1 is 1.58 bits per heavy atom. The van der Waals surface area contributed by atoms with Gasteiger partial charge in [0, 0.05) is 6.20 Å². The molecule has 4 heteroatoms. The maximum atomic E-state index is 5.40. The number of hydrogen-bond donors (Lipinski definition) is 2. The van der Waals surface area contributed by atoms with Gasteiger partial charge in [-0.25, -0.2) is 5.43 Å². The number of nitrogens with one attached hydrogen (secondary N) is 1. The first-order chi connectivity index (χ1) is 5.90. The van der Waals surface area contributed by atoms with E-state index in [0.717, 1.165) is 11.4 Å². The van der Waals surface area contributed by atoms with E-state index in [4.69, 9.17) is 10.6 Å². The van der Waals surface area contributed by atoms with Gasteiger partial charge in [-0.15, -0.1) is 0 Å². The molecule has 1 aromatic heterocycles. The van der Waals surface area contributed by atoms with Crippen LogP contribution in [0.3, 0.4) is 0 Å². The maximum Gasteiger partial charge on any atom is 0.182 e. The van der Waals surface area contributed by atoms with Crippen molar-refractivity contribution < 1.29 is 4.74 Å². The molecule has 0 spiro atoms. The van der Waals surface area contributed by atoms with Crippen LogP contribution in [-0.2, 0) is 0 Å². The normalized spacial score (nSPS) is 19.9. The summed E-state index contributed by atoms with van der Waals surface area (Å²) in [4.78, 5) is 4.11. The number of nitrogens with zero attached hydrogens (tertiary/aromatic N) is 1. The number of rotatable bonds is 1. The molecule has 0 aliphatic carbocycles. The molecule has 62 valence electrons. The van der Waals surface area contributed by atoms with Crippen LogP contribution in [0, 0.1) is 0 Å². The van der Waals surface area contributed by atoms with Gasteiger partial charge in [0.2, 0.25) is 0 Å². The van der Waals surface area contributed by atoms with Crippen LogP contribution in [0.15, 0.2) is 24.4 Å². The second kappa shape index (κ2) is 2.92. The molecule has 1 atom stereocenters. The van der Waals surface area contributed by atoms with Crippen molar-refractivity contribution in [1.82, 2.24) is 10.4 Å². The molecular formula is C8H9N3O. The van der Waals surface area contributed by atoms with Crippen LogP contribution in [-0.4, -0.2) is 11.2 Å². The Morgan fingerprint density at radius 3 is 3.33 bits per heavy atom. The van der Waals surface area contributed by atoms with E-state index >= 15 is 0 Å². The molecule has 0 radical (unpaired) electrons. The van der Waals surface area contributed by atoms with E-state index in [0.29, 0.717) is 0 Å². The average Bonchev–Trinajstić information content (AvgIpc) is 2.17. The predicted octanol–water partition coefficient (Wildman–Crippen LogP) is 0.277. The van der Waals surface area contributed by atoms with Crippen molar-refractivity contribution in [2.75, 3.05) is 0 Å². The van der Waals surface area contributed by atoms with Crippen molar-refractivity contribution in [3.8, 4) is 5.75 Å². The van der Waals surface area contributed by atoms with Crippen molar-refractivity contribution in [3.63, 3.8) is 0 Å². The van der Waals surface area contributed by atoms with E-state index in [-0.39, 0.29) is 6.23 Å². The van der Waals surface area contributed by atoms with Crippen LogP contribution < -0.4 is 16.0 Å². The summed E-state index contributed by atoms with van der Waals surface area (Å²) in [5.41, 5.74) is 3.35. The molecule has 1 aliphatic rings. The maximum absolute atomic E-state index is 5.40. The molecular weight excluding hydrogens is 154 g/mol. The molecule has 12 heavy (non-hydrogen) atoms. The van der Waals surface area contributed by atoms with Gasteiger partial charge in [-0.1, -0.05) is 0 Å². The molecule has 2 heterocycles. The minimum Gasteiger partial charge on any atom is -0.468 e. The summed E-state index contributed by atoms with van der Waals surface area (Å²) in [5, 5.41) is 0. The molecule has 0 amide bonds. The molecule has 0 aromatic carbocycles. The summed E-state index contributed by atoms with van der Waals surface area (Å²) in [6.45, 7) is 0. The molecule has 0 fully saturated rings. The number of aromatic nitrogens is 1. The first-order valence-corrected chi connectivity index (χ1v) is 3.66. The number of hydrogen-bond acceptors (Lipinski definition) is 4. The lowest BCUT2D eigenvalue weighted by molar-refractivity contribution is 0.208. The first kappa shape index (κ1) is 7.27. The van der Waals surface area contributed by atoms with E-state index in [1.54, 1.807) is 6.20 Å². The van der Waals surface area contributed by atoms with Gasteiger partial charge in [0.25, 0.3) is 0 Å². The minimum atomic E-state index is -0.248. The Kier molecular flexibility index (Phi) is 1.77. The number of hydrazine groups is 1. The number of nitrogens with two attached hydrogens (primary N) is 1. The van der Waals surface area contributed by atoms with E-state index in [2.05, 4.69) is 10.4 Å². The zero-order valence-electron chi connectivity index (χ0n) is 6.40. The van der Waals surface area contributed by atoms with Gasteiger partial charge in [0.1, 0.15) is 11.4 Å². The Labute approximate surface area is 70.0 Å². The van der Waals surface area contributed by atoms with Gasteiger partial charge >= 0.3 is 0 Å². The lowest BCUT2D eigenvalue weighted by atomic mass is 10.2. The zero-order valence-corrected chi connectivity index (χ0v) is 6.40. The quantitative estimate of drug-likeness (QED) is 0.461. The summed E-state index contributed by atoms with van der Waals surface area (Å²) >= 11 is 0. The molecule has 4 nitrogen and oxygen atoms in total. The number of pyridine rings is 1. The van der Waals surface area contributed by atoms with Crippen molar-refractivity contribution in [1.29, 1.82) is 0 Å². The summed E-state index contributed by atoms with van der Waals surface area (Å²) in [6.07, 6.45) is 5.17. The standard InChI is InChI=1S/C8H9N3O/c9-11-8-4-3-6-7(12-8)2-1-5-10-6/h1-5,8,11H,9H2. The summed E-state index contributed by atoms with van der Waals surface area (Å²) in [5.74, 6) is 5.97. The van der Waals surface area contributed by atoms with Crippen LogP contribution >= 0.6 is 0 Å². The molecule has 1 unspecified atom stereocenters. The molecule has 0 saturated heterocycles. The molecule has 0 bridgehead atoms. The van der Waals surface area contributed by atoms with Crippen molar-refractivity contribution in [2.45, 2.75) is 6.23 Å². The Hall–Kier alpha value is -1.39. The topological polar surface area (TPSA) is 60.2 Å². The third kappa shape index (κ3) is 1.17. The third-order valence-electron chi connectivity index (χ3n) is 1.65. The monoisotopic (exact) mass is 163 g/mol. The van der Waals surface area contributed by atoms with Gasteiger partial charge in [0.05, 0.1) is 0 Å². The largest absolute Gasteiger partial charge is 0.468 e. The number of ether oxygens (including phenoxy) is 1. The Bertz CT molecular complexity index is 311.